The molecule has 0 aliphatic heterocycles. The normalized spacial score (nSPS) is 30.0. The summed E-state index contributed by atoms with van der Waals surface area (Å²) >= 11 is 0. The van der Waals surface area contributed by atoms with Gasteiger partial charge in [0.2, 0.25) is 0 Å². The zero-order valence-electron chi connectivity index (χ0n) is 12.1. The number of rotatable bonds is 4. The van der Waals surface area contributed by atoms with Gasteiger partial charge in [-0.1, -0.05) is 48.9 Å². The van der Waals surface area contributed by atoms with Crippen LogP contribution in [0.5, 0.6) is 0 Å². The quantitative estimate of drug-likeness (QED) is 0.607. The first-order valence-electron chi connectivity index (χ1n) is 6.92. The monoisotopic (exact) mass is 258 g/mol. The molecule has 19 heavy (non-hydrogen) atoms. The highest BCUT2D eigenvalue weighted by Gasteiger charge is 2.66. The van der Waals surface area contributed by atoms with Gasteiger partial charge in [0.25, 0.3) is 0 Å². The van der Waals surface area contributed by atoms with Gasteiger partial charge in [-0.05, 0) is 26.3 Å². The molecule has 2 nitrogen and oxygen atoms in total. The number of allylic oxidation sites excluding steroid dienone is 2. The van der Waals surface area contributed by atoms with Crippen LogP contribution in [0.2, 0.25) is 0 Å². The van der Waals surface area contributed by atoms with Crippen LogP contribution in [-0.4, -0.2) is 12.6 Å². The number of hydrogen-bond acceptors (Lipinski definition) is 2. The van der Waals surface area contributed by atoms with E-state index in [-0.39, 0.29) is 23.2 Å². The Kier molecular flexibility index (Phi) is 3.79. The average Bonchev–Trinajstić information content (AvgIpc) is 3.07. The Morgan fingerprint density at radius 2 is 1.95 bits per heavy atom. The third-order valence-electron chi connectivity index (χ3n) is 4.40. The molecular formula is C17H22O2. The van der Waals surface area contributed by atoms with E-state index in [2.05, 4.69) is 32.1 Å². The summed E-state index contributed by atoms with van der Waals surface area (Å²) in [5.41, 5.74) is 2.37. The van der Waals surface area contributed by atoms with E-state index in [1.807, 2.05) is 32.0 Å². The molecule has 3 atom stereocenters. The van der Waals surface area contributed by atoms with E-state index in [1.165, 1.54) is 11.1 Å². The van der Waals surface area contributed by atoms with Crippen LogP contribution >= 0.6 is 0 Å². The summed E-state index contributed by atoms with van der Waals surface area (Å²) in [5, 5.41) is 0. The average molecular weight is 258 g/mol. The minimum atomic E-state index is -0.121. The lowest BCUT2D eigenvalue weighted by atomic mass is 9.92. The van der Waals surface area contributed by atoms with Gasteiger partial charge in [0.05, 0.1) is 12.5 Å². The predicted octanol–water partition coefficient (Wildman–Crippen LogP) is 3.72. The number of benzene rings is 1. The van der Waals surface area contributed by atoms with Crippen molar-refractivity contribution in [3.05, 3.63) is 47.5 Å². The second-order valence-electron chi connectivity index (χ2n) is 5.39. The summed E-state index contributed by atoms with van der Waals surface area (Å²) in [6, 6.07) is 10.3. The fraction of sp³-hybridized carbons (Fsp3) is 0.471. The first-order valence-corrected chi connectivity index (χ1v) is 6.92. The van der Waals surface area contributed by atoms with Crippen LogP contribution in [0.3, 0.4) is 0 Å². The van der Waals surface area contributed by atoms with E-state index < -0.39 is 0 Å². The topological polar surface area (TPSA) is 26.3 Å². The first-order chi connectivity index (χ1) is 9.07. The van der Waals surface area contributed by atoms with Crippen LogP contribution in [0.4, 0.5) is 0 Å². The summed E-state index contributed by atoms with van der Waals surface area (Å²) < 4.78 is 5.24. The van der Waals surface area contributed by atoms with Gasteiger partial charge in [0, 0.05) is 11.3 Å². The molecule has 1 fully saturated rings. The number of hydrogen-bond donors (Lipinski definition) is 0. The summed E-state index contributed by atoms with van der Waals surface area (Å²) in [5.74, 6) is 0.144. The Morgan fingerprint density at radius 3 is 2.47 bits per heavy atom. The maximum atomic E-state index is 12.2. The second kappa shape index (κ2) is 5.20. The smallest absolute Gasteiger partial charge is 0.310 e. The zero-order chi connectivity index (χ0) is 14.0. The van der Waals surface area contributed by atoms with Crippen LogP contribution < -0.4 is 0 Å². The van der Waals surface area contributed by atoms with Crippen molar-refractivity contribution in [2.45, 2.75) is 33.1 Å². The summed E-state index contributed by atoms with van der Waals surface area (Å²) in [4.78, 5) is 12.2. The van der Waals surface area contributed by atoms with Gasteiger partial charge >= 0.3 is 5.97 Å². The van der Waals surface area contributed by atoms with E-state index >= 15 is 0 Å². The van der Waals surface area contributed by atoms with Crippen molar-refractivity contribution in [3.8, 4) is 0 Å². The van der Waals surface area contributed by atoms with E-state index in [4.69, 9.17) is 4.74 Å². The molecule has 0 radical (unpaired) electrons. The fourth-order valence-corrected chi connectivity index (χ4v) is 3.20. The molecule has 102 valence electrons. The van der Waals surface area contributed by atoms with Crippen molar-refractivity contribution < 1.29 is 9.53 Å². The molecule has 0 saturated heterocycles. The molecule has 1 aromatic carbocycles. The number of carbonyl (C=O) groups excluding carboxylic acids is 1. The molecule has 1 aliphatic rings. The standard InChI is InChI=1S/C17H22O2/c1-5-12(3)14-15(16(18)19-6-2)17(14,4)13-10-8-7-9-11-13/h5,7-11,14-15H,6H2,1-4H3. The number of ether oxygens (including phenoxy) is 1. The lowest BCUT2D eigenvalue weighted by Crippen LogP contribution is -2.14. The van der Waals surface area contributed by atoms with Crippen molar-refractivity contribution in [2.75, 3.05) is 6.61 Å². The molecule has 0 heterocycles. The molecule has 0 bridgehead atoms. The Morgan fingerprint density at radius 1 is 1.32 bits per heavy atom. The second-order valence-corrected chi connectivity index (χ2v) is 5.39. The third-order valence-corrected chi connectivity index (χ3v) is 4.40. The Balaban J connectivity index is 2.35. The van der Waals surface area contributed by atoms with Gasteiger partial charge < -0.3 is 4.74 Å². The van der Waals surface area contributed by atoms with Gasteiger partial charge in [-0.3, -0.25) is 4.79 Å². The molecule has 3 unspecified atom stereocenters. The number of carbonyl (C=O) groups is 1. The molecule has 1 saturated carbocycles. The molecule has 0 spiro atoms. The maximum absolute atomic E-state index is 12.2. The van der Waals surface area contributed by atoms with Gasteiger partial charge in [-0.25, -0.2) is 0 Å². The Labute approximate surface area is 115 Å². The summed E-state index contributed by atoms with van der Waals surface area (Å²) in [6.45, 7) is 8.60. The molecule has 0 aromatic heterocycles. The lowest BCUT2D eigenvalue weighted by Gasteiger charge is -2.12. The molecular weight excluding hydrogens is 236 g/mol. The van der Waals surface area contributed by atoms with E-state index in [0.29, 0.717) is 6.61 Å². The highest BCUT2D eigenvalue weighted by atomic mass is 16.5. The maximum Gasteiger partial charge on any atom is 0.310 e. The Bertz CT molecular complexity index is 489. The van der Waals surface area contributed by atoms with E-state index in [9.17, 15) is 4.79 Å². The molecule has 2 rings (SSSR count). The third kappa shape index (κ3) is 2.20. The van der Waals surface area contributed by atoms with E-state index in [1.54, 1.807) is 0 Å². The highest BCUT2D eigenvalue weighted by molar-refractivity contribution is 5.81. The van der Waals surface area contributed by atoms with Gasteiger partial charge in [-0.2, -0.15) is 0 Å². The Hall–Kier alpha value is -1.57. The van der Waals surface area contributed by atoms with Crippen LogP contribution in [0.15, 0.2) is 42.0 Å². The minimum Gasteiger partial charge on any atom is -0.466 e. The zero-order valence-corrected chi connectivity index (χ0v) is 12.1. The van der Waals surface area contributed by atoms with Crippen LogP contribution in [-0.2, 0) is 14.9 Å². The van der Waals surface area contributed by atoms with Crippen molar-refractivity contribution in [2.24, 2.45) is 11.8 Å². The van der Waals surface area contributed by atoms with Crippen molar-refractivity contribution in [1.29, 1.82) is 0 Å². The molecule has 2 heteroatoms. The largest absolute Gasteiger partial charge is 0.466 e. The first kappa shape index (κ1) is 13.9. The molecule has 1 aromatic rings. The van der Waals surface area contributed by atoms with Gasteiger partial charge in [0.1, 0.15) is 0 Å². The van der Waals surface area contributed by atoms with Crippen LogP contribution in [0, 0.1) is 11.8 Å². The minimum absolute atomic E-state index is 0.0500. The SMILES string of the molecule is CC=C(C)C1C(C(=O)OCC)C1(C)c1ccccc1. The molecule has 0 N–H and O–H groups in total. The molecule has 0 amide bonds. The number of esters is 1. The molecule has 1 aliphatic carbocycles. The van der Waals surface area contributed by atoms with Crippen LogP contribution in [0.1, 0.15) is 33.3 Å². The van der Waals surface area contributed by atoms with Gasteiger partial charge in [-0.15, -0.1) is 0 Å². The van der Waals surface area contributed by atoms with Crippen LogP contribution in [0.25, 0.3) is 0 Å². The summed E-state index contributed by atoms with van der Waals surface area (Å²) in [6.07, 6.45) is 2.10. The van der Waals surface area contributed by atoms with Gasteiger partial charge in [0.15, 0.2) is 0 Å². The van der Waals surface area contributed by atoms with Crippen molar-refractivity contribution in [1.82, 2.24) is 0 Å². The van der Waals surface area contributed by atoms with Crippen molar-refractivity contribution in [3.63, 3.8) is 0 Å². The van der Waals surface area contributed by atoms with E-state index in [0.717, 1.165) is 0 Å². The van der Waals surface area contributed by atoms with Crippen molar-refractivity contribution >= 4 is 5.97 Å². The summed E-state index contributed by atoms with van der Waals surface area (Å²) in [7, 11) is 0. The fourth-order valence-electron chi connectivity index (χ4n) is 3.20. The predicted molar refractivity (Wildman–Crippen MR) is 76.8 cm³/mol. The lowest BCUT2D eigenvalue weighted by molar-refractivity contribution is -0.145. The highest BCUT2D eigenvalue weighted by Crippen LogP contribution is 2.63.